The molecule has 1 aromatic carbocycles. The molecule has 3 heterocycles. The molecule has 5 nitrogen and oxygen atoms in total. The van der Waals surface area contributed by atoms with Crippen LogP contribution in [-0.4, -0.2) is 22.0 Å². The molecular weight excluding hydrogens is 423 g/mol. The van der Waals surface area contributed by atoms with Gasteiger partial charge in [0.25, 0.3) is 0 Å². The summed E-state index contributed by atoms with van der Waals surface area (Å²) in [5.41, 5.74) is 0.282. The molecule has 0 radical (unpaired) electrons. The lowest BCUT2D eigenvalue weighted by atomic mass is 9.62. The molecular formula is C22H21FN2O3S2. The van der Waals surface area contributed by atoms with Gasteiger partial charge in [-0.1, -0.05) is 25.2 Å². The summed E-state index contributed by atoms with van der Waals surface area (Å²) in [4.78, 5) is 44.3. The lowest BCUT2D eigenvalue weighted by Gasteiger charge is -2.48. The predicted molar refractivity (Wildman–Crippen MR) is 113 cm³/mol. The summed E-state index contributed by atoms with van der Waals surface area (Å²) in [6, 6.07) is 5.59. The number of nitrogens with one attached hydrogen (secondary N) is 1. The number of amides is 2. The number of carbonyl (C=O) groups is 2. The van der Waals surface area contributed by atoms with Crippen molar-refractivity contribution < 1.29 is 14.0 Å². The highest BCUT2D eigenvalue weighted by atomic mass is 32.2. The van der Waals surface area contributed by atoms with Crippen LogP contribution in [0.2, 0.25) is 0 Å². The first kappa shape index (κ1) is 18.8. The number of nitrogens with zero attached hydrogens (tertiary/aromatic N) is 1. The fraction of sp³-hybridized carbons (Fsp3) is 0.500. The number of hydrogen-bond donors (Lipinski definition) is 1. The topological polar surface area (TPSA) is 70.2 Å². The second-order valence-corrected chi connectivity index (χ2v) is 11.3. The van der Waals surface area contributed by atoms with Crippen LogP contribution in [0.15, 0.2) is 34.1 Å². The van der Waals surface area contributed by atoms with Crippen LogP contribution in [0.5, 0.6) is 0 Å². The minimum absolute atomic E-state index is 0.0330. The van der Waals surface area contributed by atoms with Crippen molar-refractivity contribution in [2.75, 3.05) is 4.90 Å². The second kappa shape index (κ2) is 6.07. The number of aromatic nitrogens is 1. The van der Waals surface area contributed by atoms with Crippen molar-refractivity contribution in [3.8, 4) is 0 Å². The largest absolute Gasteiger partial charge is 0.307 e. The second-order valence-electron chi connectivity index (χ2n) is 9.16. The third-order valence-electron chi connectivity index (χ3n) is 8.05. The molecule has 7 atom stereocenters. The first-order valence-electron chi connectivity index (χ1n) is 10.4. The van der Waals surface area contributed by atoms with Crippen molar-refractivity contribution in [2.24, 2.45) is 29.6 Å². The van der Waals surface area contributed by atoms with Gasteiger partial charge in [0.05, 0.1) is 22.5 Å². The zero-order valence-electron chi connectivity index (χ0n) is 16.6. The van der Waals surface area contributed by atoms with Crippen LogP contribution >= 0.6 is 23.1 Å². The van der Waals surface area contributed by atoms with E-state index in [0.29, 0.717) is 5.69 Å². The molecule has 8 heteroatoms. The number of anilines is 1. The van der Waals surface area contributed by atoms with E-state index in [1.54, 1.807) is 11.8 Å². The minimum Gasteiger partial charge on any atom is -0.307 e. The first-order valence-corrected chi connectivity index (χ1v) is 12.1. The molecule has 156 valence electrons. The average Bonchev–Trinajstić information content (AvgIpc) is 3.44. The third-order valence-corrected chi connectivity index (χ3v) is 10.8. The maximum atomic E-state index is 13.4. The predicted octanol–water partition coefficient (Wildman–Crippen LogP) is 3.79. The Hall–Kier alpha value is -1.93. The van der Waals surface area contributed by atoms with Crippen LogP contribution < -0.4 is 9.77 Å². The monoisotopic (exact) mass is 444 g/mol. The van der Waals surface area contributed by atoms with Gasteiger partial charge in [0, 0.05) is 15.5 Å². The molecule has 3 fully saturated rings. The van der Waals surface area contributed by atoms with Crippen molar-refractivity contribution in [1.29, 1.82) is 0 Å². The van der Waals surface area contributed by atoms with E-state index in [9.17, 15) is 18.8 Å². The lowest BCUT2D eigenvalue weighted by Crippen LogP contribution is -2.49. The molecule has 4 aliphatic rings. The SMILES string of the molecule is CC[C@@]1(C)c2sc(=O)[nH]c2S[C@H]2[C@H]3C[C@@H]([C@H]4C(=O)N(c5ccc(F)cc5)C(=O)[C@H]34)[C@@H]21. The molecule has 1 saturated heterocycles. The molecule has 1 N–H and O–H groups in total. The van der Waals surface area contributed by atoms with Gasteiger partial charge in [-0.3, -0.25) is 19.3 Å². The maximum Gasteiger partial charge on any atom is 0.305 e. The van der Waals surface area contributed by atoms with Crippen molar-refractivity contribution in [2.45, 2.75) is 42.4 Å². The number of carbonyl (C=O) groups excluding carboxylic acids is 2. The first-order chi connectivity index (χ1) is 14.3. The van der Waals surface area contributed by atoms with Gasteiger partial charge in [-0.25, -0.2) is 4.39 Å². The normalized spacial score (nSPS) is 38.7. The molecule has 2 amide bonds. The van der Waals surface area contributed by atoms with E-state index in [1.165, 1.54) is 40.5 Å². The summed E-state index contributed by atoms with van der Waals surface area (Å²) in [5.74, 6) is -0.770. The van der Waals surface area contributed by atoms with Gasteiger partial charge in [0.1, 0.15) is 5.82 Å². The Kier molecular flexibility index (Phi) is 3.80. The van der Waals surface area contributed by atoms with E-state index in [4.69, 9.17) is 0 Å². The summed E-state index contributed by atoms with van der Waals surface area (Å²) < 4.78 is 13.4. The molecule has 0 spiro atoms. The van der Waals surface area contributed by atoms with Gasteiger partial charge >= 0.3 is 4.87 Å². The number of thioether (sulfide) groups is 1. The molecule has 30 heavy (non-hydrogen) atoms. The molecule has 0 unspecified atom stereocenters. The zero-order valence-corrected chi connectivity index (χ0v) is 18.2. The Morgan fingerprint density at radius 1 is 1.13 bits per heavy atom. The average molecular weight is 445 g/mol. The zero-order chi connectivity index (χ0) is 20.9. The number of fused-ring (bicyclic) bond motifs is 9. The van der Waals surface area contributed by atoms with E-state index in [-0.39, 0.29) is 62.8 Å². The number of benzene rings is 1. The number of rotatable bonds is 2. The third kappa shape index (κ3) is 2.16. The van der Waals surface area contributed by atoms with Gasteiger partial charge in [0.2, 0.25) is 11.8 Å². The van der Waals surface area contributed by atoms with E-state index in [1.807, 2.05) is 0 Å². The standard InChI is InChI=1S/C22H21FN2O3S2/c1-3-22(2)15-11-8-12(16(15)29-18-17(22)30-21(28)24-18)14-13(11)19(26)25(20(14)27)10-6-4-9(23)5-7-10/h4-7,11-16H,3,8H2,1-2H3,(H,24,28)/t11-,12-,13+,14+,15-,16-,22+/m0/s1. The number of halogens is 1. The van der Waals surface area contributed by atoms with Crippen LogP contribution in [0.4, 0.5) is 10.1 Å². The van der Waals surface area contributed by atoms with Gasteiger partial charge < -0.3 is 4.98 Å². The number of hydrogen-bond acceptors (Lipinski definition) is 5. The Labute approximate surface area is 181 Å². The van der Waals surface area contributed by atoms with E-state index in [0.717, 1.165) is 22.7 Å². The quantitative estimate of drug-likeness (QED) is 0.716. The van der Waals surface area contributed by atoms with Gasteiger partial charge in [-0.05, 0) is 54.9 Å². The van der Waals surface area contributed by atoms with Crippen molar-refractivity contribution in [3.63, 3.8) is 0 Å². The van der Waals surface area contributed by atoms with Crippen LogP contribution in [0.1, 0.15) is 31.6 Å². The number of H-pyrrole nitrogens is 1. The highest BCUT2D eigenvalue weighted by molar-refractivity contribution is 8.00. The number of imide groups is 1. The Bertz CT molecular complexity index is 1140. The lowest BCUT2D eigenvalue weighted by molar-refractivity contribution is -0.123. The Morgan fingerprint density at radius 2 is 1.80 bits per heavy atom. The fourth-order valence-electron chi connectivity index (χ4n) is 6.74. The minimum atomic E-state index is -0.389. The Balaban J connectivity index is 1.43. The highest BCUT2D eigenvalue weighted by Gasteiger charge is 2.71. The van der Waals surface area contributed by atoms with Crippen LogP contribution in [0.25, 0.3) is 0 Å². The smallest absolute Gasteiger partial charge is 0.305 e. The molecule has 6 rings (SSSR count). The molecule has 2 aliphatic carbocycles. The van der Waals surface area contributed by atoms with Gasteiger partial charge in [-0.2, -0.15) is 0 Å². The molecule has 2 bridgehead atoms. The molecule has 2 aromatic rings. The van der Waals surface area contributed by atoms with Gasteiger partial charge in [0.15, 0.2) is 0 Å². The summed E-state index contributed by atoms with van der Waals surface area (Å²) in [6.45, 7) is 4.37. The fourth-order valence-corrected chi connectivity index (χ4v) is 9.93. The Morgan fingerprint density at radius 3 is 2.47 bits per heavy atom. The summed E-state index contributed by atoms with van der Waals surface area (Å²) in [5, 5.41) is 1.18. The van der Waals surface area contributed by atoms with Crippen LogP contribution in [-0.2, 0) is 15.0 Å². The number of aromatic amines is 1. The van der Waals surface area contributed by atoms with Crippen molar-refractivity contribution >= 4 is 40.6 Å². The molecule has 1 aromatic heterocycles. The van der Waals surface area contributed by atoms with E-state index in [2.05, 4.69) is 18.8 Å². The van der Waals surface area contributed by atoms with E-state index < -0.39 is 0 Å². The van der Waals surface area contributed by atoms with Crippen LogP contribution in [0.3, 0.4) is 0 Å². The van der Waals surface area contributed by atoms with Crippen molar-refractivity contribution in [3.05, 3.63) is 44.6 Å². The number of thiazole rings is 1. The summed E-state index contributed by atoms with van der Waals surface area (Å²) >= 11 is 3.00. The maximum absolute atomic E-state index is 13.4. The summed E-state index contributed by atoms with van der Waals surface area (Å²) in [6.07, 6.45) is 1.78. The molecule has 2 saturated carbocycles. The highest BCUT2D eigenvalue weighted by Crippen LogP contribution is 2.69. The van der Waals surface area contributed by atoms with Crippen molar-refractivity contribution in [1.82, 2.24) is 4.98 Å². The molecule has 2 aliphatic heterocycles. The summed E-state index contributed by atoms with van der Waals surface area (Å²) in [7, 11) is 0. The van der Waals surface area contributed by atoms with Gasteiger partial charge in [-0.15, -0.1) is 11.8 Å². The van der Waals surface area contributed by atoms with E-state index >= 15 is 0 Å². The van der Waals surface area contributed by atoms with Crippen LogP contribution in [0, 0.1) is 35.4 Å².